The lowest BCUT2D eigenvalue weighted by Crippen LogP contribution is -2.57. The van der Waals surface area contributed by atoms with Gasteiger partial charge in [0, 0.05) is 19.3 Å². The van der Waals surface area contributed by atoms with Crippen molar-refractivity contribution in [3.05, 3.63) is 30.3 Å². The van der Waals surface area contributed by atoms with E-state index in [1.165, 1.54) is 18.5 Å². The van der Waals surface area contributed by atoms with Crippen LogP contribution in [-0.4, -0.2) is 37.4 Å². The van der Waals surface area contributed by atoms with Gasteiger partial charge in [0.25, 0.3) is 0 Å². The number of anilines is 1. The van der Waals surface area contributed by atoms with Crippen LogP contribution in [0.1, 0.15) is 26.2 Å². The summed E-state index contributed by atoms with van der Waals surface area (Å²) >= 11 is 0. The molecule has 0 saturated heterocycles. The van der Waals surface area contributed by atoms with E-state index in [4.69, 9.17) is 0 Å². The summed E-state index contributed by atoms with van der Waals surface area (Å²) in [4.78, 5) is 2.25. The minimum Gasteiger partial charge on any atom is -0.394 e. The fourth-order valence-corrected chi connectivity index (χ4v) is 2.77. The molecule has 0 radical (unpaired) electrons. The molecule has 1 atom stereocenters. The number of nitrogens with zero attached hydrogens (tertiary/aromatic N) is 1. The van der Waals surface area contributed by atoms with Crippen LogP contribution in [0.4, 0.5) is 5.69 Å². The molecule has 2 N–H and O–H groups in total. The Hall–Kier alpha value is -1.06. The van der Waals surface area contributed by atoms with Gasteiger partial charge in [-0.25, -0.2) is 0 Å². The van der Waals surface area contributed by atoms with Gasteiger partial charge in [-0.2, -0.15) is 0 Å². The second-order valence-corrected chi connectivity index (χ2v) is 5.71. The topological polar surface area (TPSA) is 35.5 Å². The van der Waals surface area contributed by atoms with Crippen LogP contribution < -0.4 is 10.2 Å². The summed E-state index contributed by atoms with van der Waals surface area (Å²) in [6.45, 7) is 4.22. The van der Waals surface area contributed by atoms with Crippen LogP contribution in [-0.2, 0) is 0 Å². The van der Waals surface area contributed by atoms with E-state index in [0.29, 0.717) is 5.92 Å². The number of aliphatic hydroxyl groups excluding tert-OH is 1. The lowest BCUT2D eigenvalue weighted by Gasteiger charge is -2.38. The summed E-state index contributed by atoms with van der Waals surface area (Å²) in [6, 6.07) is 10.4. The minimum absolute atomic E-state index is 0.138. The molecule has 1 aromatic carbocycles. The van der Waals surface area contributed by atoms with Gasteiger partial charge in [0.15, 0.2) is 0 Å². The molecule has 1 unspecified atom stereocenters. The van der Waals surface area contributed by atoms with E-state index in [2.05, 4.69) is 48.5 Å². The quantitative estimate of drug-likeness (QED) is 0.754. The van der Waals surface area contributed by atoms with E-state index in [-0.39, 0.29) is 12.1 Å². The molecular formula is C16H26N2O. The molecule has 0 heterocycles. The molecule has 1 saturated carbocycles. The summed E-state index contributed by atoms with van der Waals surface area (Å²) in [5.41, 5.74) is 1.07. The highest BCUT2D eigenvalue weighted by Crippen LogP contribution is 2.40. The fourth-order valence-electron chi connectivity index (χ4n) is 2.77. The Morgan fingerprint density at radius 3 is 2.53 bits per heavy atom. The molecule has 106 valence electrons. The Labute approximate surface area is 116 Å². The molecule has 1 aliphatic rings. The van der Waals surface area contributed by atoms with E-state index in [1.54, 1.807) is 0 Å². The van der Waals surface area contributed by atoms with E-state index in [1.807, 2.05) is 6.07 Å². The Morgan fingerprint density at radius 2 is 2.00 bits per heavy atom. The zero-order valence-electron chi connectivity index (χ0n) is 12.1. The second-order valence-electron chi connectivity index (χ2n) is 5.71. The molecule has 1 fully saturated rings. The number of benzene rings is 1. The molecule has 3 nitrogen and oxygen atoms in total. The fraction of sp³-hybridized carbons (Fsp3) is 0.625. The molecule has 0 aliphatic heterocycles. The Morgan fingerprint density at radius 1 is 1.32 bits per heavy atom. The Kier molecular flexibility index (Phi) is 4.83. The Bertz CT molecular complexity index is 378. The predicted molar refractivity (Wildman–Crippen MR) is 80.5 cm³/mol. The average Bonchev–Trinajstić information content (AvgIpc) is 3.29. The summed E-state index contributed by atoms with van der Waals surface area (Å²) in [5.74, 6) is 0.621. The SMILES string of the molecule is CCCNC(CO)(CN(C)c1ccccc1)C1CC1. The van der Waals surface area contributed by atoms with Crippen molar-refractivity contribution in [2.45, 2.75) is 31.7 Å². The molecule has 2 rings (SSSR count). The number of rotatable bonds is 8. The molecule has 0 amide bonds. The molecule has 1 aromatic rings. The van der Waals surface area contributed by atoms with Gasteiger partial charge in [-0.05, 0) is 43.9 Å². The highest BCUT2D eigenvalue weighted by molar-refractivity contribution is 5.45. The van der Waals surface area contributed by atoms with Gasteiger partial charge >= 0.3 is 0 Å². The number of likely N-dealkylation sites (N-methyl/N-ethyl adjacent to an activating group) is 1. The standard InChI is InChI=1S/C16H26N2O/c1-3-11-17-16(13-19,14-9-10-14)12-18(2)15-7-5-4-6-8-15/h4-8,14,17,19H,3,9-13H2,1-2H3. The first-order valence-electron chi connectivity index (χ1n) is 7.34. The monoisotopic (exact) mass is 262 g/mol. The third-order valence-electron chi connectivity index (χ3n) is 4.08. The third kappa shape index (κ3) is 3.48. The summed E-state index contributed by atoms with van der Waals surface area (Å²) in [5, 5.41) is 13.5. The van der Waals surface area contributed by atoms with Crippen LogP contribution in [0.3, 0.4) is 0 Å². The highest BCUT2D eigenvalue weighted by atomic mass is 16.3. The maximum Gasteiger partial charge on any atom is 0.0633 e. The maximum absolute atomic E-state index is 9.92. The van der Waals surface area contributed by atoms with Crippen molar-refractivity contribution in [1.29, 1.82) is 0 Å². The number of aliphatic hydroxyl groups is 1. The minimum atomic E-state index is -0.138. The molecule has 1 aliphatic carbocycles. The normalized spacial score (nSPS) is 18.1. The molecule has 3 heteroatoms. The second kappa shape index (κ2) is 6.40. The smallest absolute Gasteiger partial charge is 0.0633 e. The summed E-state index contributed by atoms with van der Waals surface area (Å²) in [7, 11) is 2.11. The molecule has 19 heavy (non-hydrogen) atoms. The largest absolute Gasteiger partial charge is 0.394 e. The number of hydrogen-bond acceptors (Lipinski definition) is 3. The van der Waals surface area contributed by atoms with E-state index < -0.39 is 0 Å². The number of hydrogen-bond donors (Lipinski definition) is 2. The van der Waals surface area contributed by atoms with Crippen LogP contribution in [0.5, 0.6) is 0 Å². The van der Waals surface area contributed by atoms with Crippen LogP contribution in [0.2, 0.25) is 0 Å². The third-order valence-corrected chi connectivity index (χ3v) is 4.08. The van der Waals surface area contributed by atoms with Crippen molar-refractivity contribution < 1.29 is 5.11 Å². The highest BCUT2D eigenvalue weighted by Gasteiger charge is 2.45. The number of para-hydroxylation sites is 1. The first-order valence-corrected chi connectivity index (χ1v) is 7.34. The van der Waals surface area contributed by atoms with Gasteiger partial charge in [0.2, 0.25) is 0 Å². The first kappa shape index (κ1) is 14.4. The molecule has 0 aromatic heterocycles. The Balaban J connectivity index is 2.06. The van der Waals surface area contributed by atoms with Gasteiger partial charge in [-0.15, -0.1) is 0 Å². The molecule has 0 bridgehead atoms. The maximum atomic E-state index is 9.92. The molecular weight excluding hydrogens is 236 g/mol. The number of nitrogens with one attached hydrogen (secondary N) is 1. The predicted octanol–water partition coefficient (Wildman–Crippen LogP) is 2.26. The van der Waals surface area contributed by atoms with Crippen molar-refractivity contribution >= 4 is 5.69 Å². The summed E-state index contributed by atoms with van der Waals surface area (Å²) < 4.78 is 0. The van der Waals surface area contributed by atoms with Crippen molar-refractivity contribution in [2.24, 2.45) is 5.92 Å². The van der Waals surface area contributed by atoms with Gasteiger partial charge in [-0.1, -0.05) is 25.1 Å². The lowest BCUT2D eigenvalue weighted by molar-refractivity contribution is 0.145. The van der Waals surface area contributed by atoms with E-state index >= 15 is 0 Å². The van der Waals surface area contributed by atoms with Crippen molar-refractivity contribution in [3.63, 3.8) is 0 Å². The zero-order chi connectivity index (χ0) is 13.7. The van der Waals surface area contributed by atoms with Gasteiger partial charge < -0.3 is 15.3 Å². The average molecular weight is 262 g/mol. The summed E-state index contributed by atoms with van der Waals surface area (Å²) in [6.07, 6.45) is 3.57. The van der Waals surface area contributed by atoms with Crippen LogP contribution in [0.15, 0.2) is 30.3 Å². The zero-order valence-corrected chi connectivity index (χ0v) is 12.1. The van der Waals surface area contributed by atoms with Crippen molar-refractivity contribution in [2.75, 3.05) is 31.6 Å². The van der Waals surface area contributed by atoms with Crippen LogP contribution in [0.25, 0.3) is 0 Å². The van der Waals surface area contributed by atoms with Gasteiger partial charge in [0.05, 0.1) is 12.1 Å². The first-order chi connectivity index (χ1) is 9.22. The lowest BCUT2D eigenvalue weighted by atomic mass is 9.93. The van der Waals surface area contributed by atoms with E-state index in [0.717, 1.165) is 19.5 Å². The van der Waals surface area contributed by atoms with Crippen LogP contribution >= 0.6 is 0 Å². The van der Waals surface area contributed by atoms with Crippen molar-refractivity contribution in [3.8, 4) is 0 Å². The van der Waals surface area contributed by atoms with Gasteiger partial charge in [-0.3, -0.25) is 0 Å². The van der Waals surface area contributed by atoms with E-state index in [9.17, 15) is 5.11 Å². The van der Waals surface area contributed by atoms with Crippen molar-refractivity contribution in [1.82, 2.24) is 5.32 Å². The van der Waals surface area contributed by atoms with Gasteiger partial charge in [0.1, 0.15) is 0 Å². The molecule has 0 spiro atoms. The van der Waals surface area contributed by atoms with Crippen LogP contribution in [0, 0.1) is 5.92 Å².